The maximum atomic E-state index is 13.2. The summed E-state index contributed by atoms with van der Waals surface area (Å²) in [5.74, 6) is -2.54. The quantitative estimate of drug-likeness (QED) is 0.735. The van der Waals surface area contributed by atoms with Gasteiger partial charge in [-0.3, -0.25) is 4.79 Å². The Hall–Kier alpha value is -2.76. The number of aryl methyl sites for hydroxylation is 1. The molecule has 0 bridgehead atoms. The standard InChI is InChI=1S/C20H21F2NO3/c1-26-20(25)18(9-5-8-14-6-3-2-4-7-14)23-19(24)12-15-10-16(21)13-17(22)11-15/h2-4,6-7,10-11,13,18H,5,8-9,12H2,1H3,(H,23,24)/t18-/m0/s1. The number of hydrogen-bond donors (Lipinski definition) is 1. The van der Waals surface area contributed by atoms with Crippen LogP contribution in [0.2, 0.25) is 0 Å². The van der Waals surface area contributed by atoms with Crippen molar-refractivity contribution in [1.29, 1.82) is 0 Å². The van der Waals surface area contributed by atoms with Crippen molar-refractivity contribution in [2.45, 2.75) is 31.7 Å². The summed E-state index contributed by atoms with van der Waals surface area (Å²) in [7, 11) is 1.25. The lowest BCUT2D eigenvalue weighted by Gasteiger charge is -2.16. The molecule has 1 amide bonds. The van der Waals surface area contributed by atoms with Gasteiger partial charge in [0.05, 0.1) is 13.5 Å². The highest BCUT2D eigenvalue weighted by atomic mass is 19.1. The van der Waals surface area contributed by atoms with Crippen molar-refractivity contribution in [1.82, 2.24) is 5.32 Å². The van der Waals surface area contributed by atoms with Crippen LogP contribution < -0.4 is 5.32 Å². The van der Waals surface area contributed by atoms with Gasteiger partial charge in [0.1, 0.15) is 17.7 Å². The molecule has 2 rings (SSSR count). The van der Waals surface area contributed by atoms with Gasteiger partial charge in [-0.05, 0) is 42.5 Å². The summed E-state index contributed by atoms with van der Waals surface area (Å²) >= 11 is 0. The van der Waals surface area contributed by atoms with E-state index < -0.39 is 29.6 Å². The van der Waals surface area contributed by atoms with Gasteiger partial charge in [-0.2, -0.15) is 0 Å². The second kappa shape index (κ2) is 9.65. The molecule has 2 aromatic carbocycles. The molecule has 26 heavy (non-hydrogen) atoms. The number of methoxy groups -OCH3 is 1. The normalized spacial score (nSPS) is 11.7. The predicted octanol–water partition coefficient (Wildman–Crippen LogP) is 3.19. The van der Waals surface area contributed by atoms with E-state index in [1.807, 2.05) is 30.3 Å². The van der Waals surface area contributed by atoms with E-state index in [0.717, 1.165) is 30.2 Å². The van der Waals surface area contributed by atoms with E-state index >= 15 is 0 Å². The molecular weight excluding hydrogens is 340 g/mol. The molecular formula is C20H21F2NO3. The van der Waals surface area contributed by atoms with Crippen molar-refractivity contribution in [3.63, 3.8) is 0 Å². The first kappa shape index (κ1) is 19.6. The number of amides is 1. The van der Waals surface area contributed by atoms with Gasteiger partial charge in [-0.25, -0.2) is 13.6 Å². The number of benzene rings is 2. The van der Waals surface area contributed by atoms with E-state index in [4.69, 9.17) is 4.74 Å². The lowest BCUT2D eigenvalue weighted by atomic mass is 10.0. The highest BCUT2D eigenvalue weighted by molar-refractivity contribution is 5.85. The molecule has 1 atom stereocenters. The number of ether oxygens (including phenoxy) is 1. The van der Waals surface area contributed by atoms with Crippen LogP contribution in [0.3, 0.4) is 0 Å². The first-order valence-corrected chi connectivity index (χ1v) is 8.34. The van der Waals surface area contributed by atoms with Gasteiger partial charge < -0.3 is 10.1 Å². The molecule has 1 N–H and O–H groups in total. The molecule has 0 fully saturated rings. The Bertz CT molecular complexity index is 730. The summed E-state index contributed by atoms with van der Waals surface area (Å²) in [5.41, 5.74) is 1.34. The SMILES string of the molecule is COC(=O)[C@H](CCCc1ccccc1)NC(=O)Cc1cc(F)cc(F)c1. The monoisotopic (exact) mass is 361 g/mol. The maximum absolute atomic E-state index is 13.2. The molecule has 0 aliphatic rings. The van der Waals surface area contributed by atoms with E-state index in [1.54, 1.807) is 0 Å². The summed E-state index contributed by atoms with van der Waals surface area (Å²) in [6.45, 7) is 0. The minimum atomic E-state index is -0.797. The van der Waals surface area contributed by atoms with Crippen LogP contribution in [-0.4, -0.2) is 25.0 Å². The Labute approximate surface area is 151 Å². The summed E-state index contributed by atoms with van der Waals surface area (Å²) in [5, 5.41) is 2.58. The first-order chi connectivity index (χ1) is 12.5. The molecule has 0 radical (unpaired) electrons. The number of rotatable bonds is 8. The molecule has 0 aliphatic heterocycles. The van der Waals surface area contributed by atoms with E-state index in [1.165, 1.54) is 7.11 Å². The van der Waals surface area contributed by atoms with Gasteiger partial charge in [0, 0.05) is 6.07 Å². The highest BCUT2D eigenvalue weighted by Crippen LogP contribution is 2.10. The van der Waals surface area contributed by atoms with Crippen LogP contribution in [0.15, 0.2) is 48.5 Å². The number of carbonyl (C=O) groups excluding carboxylic acids is 2. The van der Waals surface area contributed by atoms with Crippen LogP contribution in [0.1, 0.15) is 24.0 Å². The average molecular weight is 361 g/mol. The van der Waals surface area contributed by atoms with E-state index in [9.17, 15) is 18.4 Å². The van der Waals surface area contributed by atoms with Crippen molar-refractivity contribution < 1.29 is 23.1 Å². The maximum Gasteiger partial charge on any atom is 0.328 e. The Balaban J connectivity index is 1.91. The summed E-state index contributed by atoms with van der Waals surface area (Å²) < 4.78 is 31.1. The molecule has 0 spiro atoms. The minimum Gasteiger partial charge on any atom is -0.467 e. The lowest BCUT2D eigenvalue weighted by molar-refractivity contribution is -0.145. The predicted molar refractivity (Wildman–Crippen MR) is 93.4 cm³/mol. The fraction of sp³-hybridized carbons (Fsp3) is 0.300. The molecule has 0 unspecified atom stereocenters. The van der Waals surface area contributed by atoms with Crippen molar-refractivity contribution in [2.75, 3.05) is 7.11 Å². The van der Waals surface area contributed by atoms with Crippen LogP contribution in [0.25, 0.3) is 0 Å². The van der Waals surface area contributed by atoms with Crippen LogP contribution in [0.5, 0.6) is 0 Å². The second-order valence-corrected chi connectivity index (χ2v) is 5.98. The van der Waals surface area contributed by atoms with Crippen molar-refractivity contribution in [3.05, 3.63) is 71.3 Å². The molecule has 0 aromatic heterocycles. The number of halogens is 2. The van der Waals surface area contributed by atoms with Gasteiger partial charge in [0.2, 0.25) is 5.91 Å². The smallest absolute Gasteiger partial charge is 0.328 e. The summed E-state index contributed by atoms with van der Waals surface area (Å²) in [6, 6.07) is 11.9. The molecule has 0 saturated carbocycles. The molecule has 4 nitrogen and oxygen atoms in total. The van der Waals surface area contributed by atoms with Crippen molar-refractivity contribution >= 4 is 11.9 Å². The van der Waals surface area contributed by atoms with E-state index in [2.05, 4.69) is 5.32 Å². The number of hydrogen-bond acceptors (Lipinski definition) is 3. The molecule has 138 valence electrons. The fourth-order valence-electron chi connectivity index (χ4n) is 2.69. The molecule has 0 heterocycles. The Morgan fingerprint density at radius 3 is 2.31 bits per heavy atom. The zero-order valence-corrected chi connectivity index (χ0v) is 14.5. The average Bonchev–Trinajstić information content (AvgIpc) is 2.60. The third kappa shape index (κ3) is 6.27. The van der Waals surface area contributed by atoms with Gasteiger partial charge in [0.25, 0.3) is 0 Å². The lowest BCUT2D eigenvalue weighted by Crippen LogP contribution is -2.42. The highest BCUT2D eigenvalue weighted by Gasteiger charge is 2.21. The molecule has 0 saturated heterocycles. The van der Waals surface area contributed by atoms with Gasteiger partial charge >= 0.3 is 5.97 Å². The topological polar surface area (TPSA) is 55.4 Å². The van der Waals surface area contributed by atoms with Crippen molar-refractivity contribution in [3.8, 4) is 0 Å². The van der Waals surface area contributed by atoms with Gasteiger partial charge in [-0.15, -0.1) is 0 Å². The number of nitrogens with one attached hydrogen (secondary N) is 1. The van der Waals surface area contributed by atoms with E-state index in [-0.39, 0.29) is 12.0 Å². The largest absolute Gasteiger partial charge is 0.467 e. The zero-order valence-electron chi connectivity index (χ0n) is 14.5. The zero-order chi connectivity index (χ0) is 18.9. The minimum absolute atomic E-state index is 0.202. The van der Waals surface area contributed by atoms with Crippen molar-refractivity contribution in [2.24, 2.45) is 0 Å². The Morgan fingerprint density at radius 2 is 1.69 bits per heavy atom. The fourth-order valence-corrected chi connectivity index (χ4v) is 2.69. The van der Waals surface area contributed by atoms with Crippen LogP contribution >= 0.6 is 0 Å². The summed E-state index contributed by atoms with van der Waals surface area (Å²) in [4.78, 5) is 24.0. The Kier molecular flexibility index (Phi) is 7.26. The molecule has 6 heteroatoms. The third-order valence-corrected chi connectivity index (χ3v) is 3.91. The third-order valence-electron chi connectivity index (χ3n) is 3.91. The molecule has 0 aliphatic carbocycles. The summed E-state index contributed by atoms with van der Waals surface area (Å²) in [6.07, 6.45) is 1.63. The number of esters is 1. The van der Waals surface area contributed by atoms with Crippen LogP contribution in [-0.2, 0) is 27.2 Å². The van der Waals surface area contributed by atoms with Crippen LogP contribution in [0, 0.1) is 11.6 Å². The number of carbonyl (C=O) groups is 2. The second-order valence-electron chi connectivity index (χ2n) is 5.98. The Morgan fingerprint density at radius 1 is 1.04 bits per heavy atom. The van der Waals surface area contributed by atoms with Gasteiger partial charge in [0.15, 0.2) is 0 Å². The van der Waals surface area contributed by atoms with Gasteiger partial charge in [-0.1, -0.05) is 30.3 Å². The van der Waals surface area contributed by atoms with E-state index in [0.29, 0.717) is 12.8 Å². The first-order valence-electron chi connectivity index (χ1n) is 8.34. The molecule has 2 aromatic rings. The van der Waals surface area contributed by atoms with Crippen LogP contribution in [0.4, 0.5) is 8.78 Å².